The molecule has 1 N–H and O–H groups in total. The Bertz CT molecular complexity index is 426. The lowest BCUT2D eigenvalue weighted by atomic mass is 10.0. The van der Waals surface area contributed by atoms with Gasteiger partial charge in [0.25, 0.3) is 0 Å². The molecule has 0 radical (unpaired) electrons. The second-order valence-corrected chi connectivity index (χ2v) is 6.39. The minimum absolute atomic E-state index is 0.882. The highest BCUT2D eigenvalue weighted by molar-refractivity contribution is 5.29. The van der Waals surface area contributed by atoms with Crippen LogP contribution in [0.2, 0.25) is 0 Å². The van der Waals surface area contributed by atoms with Gasteiger partial charge in [-0.1, -0.05) is 24.3 Å². The lowest BCUT2D eigenvalue weighted by Crippen LogP contribution is -2.25. The SMILES string of the molecule is c1cc(CN2C[C@H]3CNC[C@H]3C2)cc(C2CC2)c1. The topological polar surface area (TPSA) is 15.3 Å². The Morgan fingerprint density at radius 3 is 2.61 bits per heavy atom. The highest BCUT2D eigenvalue weighted by atomic mass is 15.2. The van der Waals surface area contributed by atoms with Crippen molar-refractivity contribution in [2.45, 2.75) is 25.3 Å². The van der Waals surface area contributed by atoms with Gasteiger partial charge in [-0.15, -0.1) is 0 Å². The summed E-state index contributed by atoms with van der Waals surface area (Å²) < 4.78 is 0. The number of likely N-dealkylation sites (tertiary alicyclic amines) is 1. The molecule has 0 amide bonds. The molecule has 4 rings (SSSR count). The van der Waals surface area contributed by atoms with Gasteiger partial charge in [0, 0.05) is 19.6 Å². The van der Waals surface area contributed by atoms with Crippen molar-refractivity contribution in [1.82, 2.24) is 10.2 Å². The van der Waals surface area contributed by atoms with Crippen molar-refractivity contribution < 1.29 is 0 Å². The normalized spacial score (nSPS) is 31.8. The maximum Gasteiger partial charge on any atom is 0.0234 e. The predicted molar refractivity (Wildman–Crippen MR) is 73.5 cm³/mol. The van der Waals surface area contributed by atoms with Gasteiger partial charge in [0.15, 0.2) is 0 Å². The molecule has 2 saturated heterocycles. The standard InChI is InChI=1S/C16H22N2/c1-2-12(6-14(3-1)13-4-5-13)9-18-10-15-7-17-8-16(15)11-18/h1-3,6,13,15-17H,4-5,7-11H2/t15-,16+. The van der Waals surface area contributed by atoms with Crippen LogP contribution in [0.1, 0.15) is 29.9 Å². The average Bonchev–Trinajstić information content (AvgIpc) is 3.03. The van der Waals surface area contributed by atoms with Crippen LogP contribution < -0.4 is 5.32 Å². The van der Waals surface area contributed by atoms with E-state index in [4.69, 9.17) is 0 Å². The summed E-state index contributed by atoms with van der Waals surface area (Å²) in [5.74, 6) is 2.71. The zero-order valence-corrected chi connectivity index (χ0v) is 10.9. The molecule has 0 aromatic heterocycles. The van der Waals surface area contributed by atoms with Crippen LogP contribution in [0.4, 0.5) is 0 Å². The third kappa shape index (κ3) is 2.08. The van der Waals surface area contributed by atoms with Crippen LogP contribution in [0.5, 0.6) is 0 Å². The van der Waals surface area contributed by atoms with Gasteiger partial charge in [-0.05, 0) is 54.8 Å². The van der Waals surface area contributed by atoms with E-state index in [1.54, 1.807) is 5.56 Å². The maximum atomic E-state index is 3.51. The van der Waals surface area contributed by atoms with Crippen LogP contribution in [-0.2, 0) is 6.54 Å². The first-order valence-corrected chi connectivity index (χ1v) is 7.40. The van der Waals surface area contributed by atoms with E-state index in [1.807, 2.05) is 0 Å². The van der Waals surface area contributed by atoms with E-state index < -0.39 is 0 Å². The summed E-state index contributed by atoms with van der Waals surface area (Å²) in [5, 5.41) is 3.51. The molecule has 3 fully saturated rings. The first kappa shape index (κ1) is 11.0. The fourth-order valence-corrected chi connectivity index (χ4v) is 3.70. The minimum Gasteiger partial charge on any atom is -0.316 e. The fourth-order valence-electron chi connectivity index (χ4n) is 3.70. The molecule has 96 valence electrons. The monoisotopic (exact) mass is 242 g/mol. The summed E-state index contributed by atoms with van der Waals surface area (Å²) in [5.41, 5.74) is 3.10. The molecule has 3 aliphatic rings. The molecule has 0 bridgehead atoms. The van der Waals surface area contributed by atoms with Gasteiger partial charge >= 0.3 is 0 Å². The van der Waals surface area contributed by atoms with Crippen molar-refractivity contribution in [1.29, 1.82) is 0 Å². The van der Waals surface area contributed by atoms with Gasteiger partial charge in [0.1, 0.15) is 0 Å². The minimum atomic E-state index is 0.882. The van der Waals surface area contributed by atoms with E-state index in [-0.39, 0.29) is 0 Å². The summed E-state index contributed by atoms with van der Waals surface area (Å²) >= 11 is 0. The van der Waals surface area contributed by atoms with Gasteiger partial charge < -0.3 is 5.32 Å². The third-order valence-electron chi connectivity index (χ3n) is 4.87. The molecule has 18 heavy (non-hydrogen) atoms. The smallest absolute Gasteiger partial charge is 0.0234 e. The molecule has 2 heterocycles. The largest absolute Gasteiger partial charge is 0.316 e. The molecule has 1 aromatic carbocycles. The zero-order chi connectivity index (χ0) is 11.9. The first-order chi connectivity index (χ1) is 8.88. The lowest BCUT2D eigenvalue weighted by molar-refractivity contribution is 0.305. The second-order valence-electron chi connectivity index (χ2n) is 6.39. The van der Waals surface area contributed by atoms with Crippen molar-refractivity contribution in [2.75, 3.05) is 26.2 Å². The van der Waals surface area contributed by atoms with Gasteiger partial charge in [-0.3, -0.25) is 4.90 Å². The van der Waals surface area contributed by atoms with Crippen molar-refractivity contribution in [3.63, 3.8) is 0 Å². The van der Waals surface area contributed by atoms with Gasteiger partial charge in [-0.25, -0.2) is 0 Å². The van der Waals surface area contributed by atoms with Crippen LogP contribution in [0.3, 0.4) is 0 Å². The Kier molecular flexibility index (Phi) is 2.66. The van der Waals surface area contributed by atoms with Gasteiger partial charge in [0.05, 0.1) is 0 Å². The molecule has 1 aromatic rings. The molecule has 2 atom stereocenters. The number of rotatable bonds is 3. The Morgan fingerprint density at radius 2 is 1.89 bits per heavy atom. The van der Waals surface area contributed by atoms with Crippen LogP contribution in [0.15, 0.2) is 24.3 Å². The van der Waals surface area contributed by atoms with Gasteiger partial charge in [-0.2, -0.15) is 0 Å². The third-order valence-corrected chi connectivity index (χ3v) is 4.87. The number of hydrogen-bond acceptors (Lipinski definition) is 2. The number of nitrogens with zero attached hydrogens (tertiary/aromatic N) is 1. The van der Waals surface area contributed by atoms with Crippen LogP contribution in [-0.4, -0.2) is 31.1 Å². The highest BCUT2D eigenvalue weighted by Crippen LogP contribution is 2.40. The maximum absolute atomic E-state index is 3.51. The van der Waals surface area contributed by atoms with Crippen molar-refractivity contribution >= 4 is 0 Å². The molecule has 0 unspecified atom stereocenters. The number of fused-ring (bicyclic) bond motifs is 1. The van der Waals surface area contributed by atoms with E-state index in [9.17, 15) is 0 Å². The Hall–Kier alpha value is -0.860. The Morgan fingerprint density at radius 1 is 1.11 bits per heavy atom. The molecule has 1 saturated carbocycles. The molecular formula is C16H22N2. The van der Waals surface area contributed by atoms with E-state index in [1.165, 1.54) is 44.6 Å². The van der Waals surface area contributed by atoms with E-state index in [2.05, 4.69) is 34.5 Å². The van der Waals surface area contributed by atoms with Crippen molar-refractivity contribution in [3.8, 4) is 0 Å². The zero-order valence-electron chi connectivity index (χ0n) is 10.9. The first-order valence-electron chi connectivity index (χ1n) is 7.40. The molecule has 2 nitrogen and oxygen atoms in total. The van der Waals surface area contributed by atoms with Crippen LogP contribution in [0.25, 0.3) is 0 Å². The average molecular weight is 242 g/mol. The number of hydrogen-bond donors (Lipinski definition) is 1. The fraction of sp³-hybridized carbons (Fsp3) is 0.625. The summed E-state index contributed by atoms with van der Waals surface area (Å²) in [6, 6.07) is 9.31. The summed E-state index contributed by atoms with van der Waals surface area (Å²) in [6.07, 6.45) is 2.81. The van der Waals surface area contributed by atoms with Crippen molar-refractivity contribution in [2.24, 2.45) is 11.8 Å². The summed E-state index contributed by atoms with van der Waals surface area (Å²) in [4.78, 5) is 2.65. The molecule has 2 heteroatoms. The highest BCUT2D eigenvalue weighted by Gasteiger charge is 2.35. The Balaban J connectivity index is 1.43. The second kappa shape index (κ2) is 4.36. The van der Waals surface area contributed by atoms with E-state index in [0.29, 0.717) is 0 Å². The Labute approximate surface area is 109 Å². The molecule has 2 aliphatic heterocycles. The lowest BCUT2D eigenvalue weighted by Gasteiger charge is -2.17. The van der Waals surface area contributed by atoms with Crippen LogP contribution >= 0.6 is 0 Å². The van der Waals surface area contributed by atoms with E-state index >= 15 is 0 Å². The predicted octanol–water partition coefficient (Wildman–Crippen LogP) is 2.22. The van der Waals surface area contributed by atoms with Crippen molar-refractivity contribution in [3.05, 3.63) is 35.4 Å². The molecular weight excluding hydrogens is 220 g/mol. The van der Waals surface area contributed by atoms with Crippen LogP contribution in [0, 0.1) is 11.8 Å². The summed E-state index contributed by atoms with van der Waals surface area (Å²) in [6.45, 7) is 6.23. The summed E-state index contributed by atoms with van der Waals surface area (Å²) in [7, 11) is 0. The molecule has 1 aliphatic carbocycles. The molecule has 0 spiro atoms. The quantitative estimate of drug-likeness (QED) is 0.874. The van der Waals surface area contributed by atoms with E-state index in [0.717, 1.165) is 24.3 Å². The number of nitrogens with one attached hydrogen (secondary N) is 1. The van der Waals surface area contributed by atoms with Gasteiger partial charge in [0.2, 0.25) is 0 Å². The number of benzene rings is 1.